The number of anilines is 1. The first-order valence-electron chi connectivity index (χ1n) is 4.76. The van der Waals surface area contributed by atoms with E-state index >= 15 is 0 Å². The van der Waals surface area contributed by atoms with Gasteiger partial charge in [0.1, 0.15) is 5.82 Å². The molecule has 1 amide bonds. The smallest absolute Gasteiger partial charge is 0.235 e. The number of hydrogen-bond acceptors (Lipinski definition) is 3. The van der Waals surface area contributed by atoms with Crippen LogP contribution in [0.4, 0.5) is 5.82 Å². The van der Waals surface area contributed by atoms with E-state index in [0.29, 0.717) is 16.6 Å². The first-order chi connectivity index (χ1) is 7.16. The average Bonchev–Trinajstić information content (AvgIpc) is 2.23. The Balaban J connectivity index is 0.000000531. The third kappa shape index (κ3) is 2.86. The number of rotatable bonds is 0. The van der Waals surface area contributed by atoms with Gasteiger partial charge in [-0.05, 0) is 13.0 Å². The first-order valence-corrected chi connectivity index (χ1v) is 6.13. The molecule has 0 spiro atoms. The quantitative estimate of drug-likeness (QED) is 0.763. The van der Waals surface area contributed by atoms with Gasteiger partial charge in [0, 0.05) is 0 Å². The molecular weight excluding hydrogens is 232 g/mol. The van der Waals surface area contributed by atoms with Gasteiger partial charge in [-0.3, -0.25) is 4.79 Å². The van der Waals surface area contributed by atoms with Gasteiger partial charge in [0.05, 0.1) is 21.4 Å². The Morgan fingerprint density at radius 3 is 2.87 bits per heavy atom. The molecule has 0 aromatic carbocycles. The van der Waals surface area contributed by atoms with Gasteiger partial charge in [-0.15, -0.1) is 11.8 Å². The number of carbonyl (C=O) groups excluding carboxylic acids is 1. The van der Waals surface area contributed by atoms with Crippen LogP contribution in [0.25, 0.3) is 0 Å². The summed E-state index contributed by atoms with van der Waals surface area (Å²) in [5.74, 6) is 1.06. The summed E-state index contributed by atoms with van der Waals surface area (Å²) in [7, 11) is 0. The lowest BCUT2D eigenvalue weighted by molar-refractivity contribution is -0.113. The van der Waals surface area contributed by atoms with Crippen molar-refractivity contribution >= 4 is 35.1 Å². The lowest BCUT2D eigenvalue weighted by Gasteiger charge is -2.15. The highest BCUT2D eigenvalue weighted by atomic mass is 35.5. The van der Waals surface area contributed by atoms with Gasteiger partial charge >= 0.3 is 0 Å². The number of pyridine rings is 1. The number of carbonyl (C=O) groups is 1. The zero-order valence-corrected chi connectivity index (χ0v) is 10.5. The molecule has 2 rings (SSSR count). The summed E-state index contributed by atoms with van der Waals surface area (Å²) in [5, 5.41) is 3.34. The van der Waals surface area contributed by atoms with Crippen molar-refractivity contribution in [2.24, 2.45) is 0 Å². The number of fused-ring (bicyclic) bond motifs is 1. The number of aromatic nitrogens is 1. The van der Waals surface area contributed by atoms with Gasteiger partial charge in [0.25, 0.3) is 0 Å². The monoisotopic (exact) mass is 244 g/mol. The topological polar surface area (TPSA) is 42.0 Å². The fourth-order valence-corrected chi connectivity index (χ4v) is 2.08. The normalized spacial score (nSPS) is 13.5. The van der Waals surface area contributed by atoms with E-state index in [1.807, 2.05) is 26.8 Å². The zero-order chi connectivity index (χ0) is 11.4. The van der Waals surface area contributed by atoms with Crippen molar-refractivity contribution in [3.8, 4) is 0 Å². The molecule has 0 atom stereocenters. The Morgan fingerprint density at radius 1 is 1.53 bits per heavy atom. The van der Waals surface area contributed by atoms with E-state index in [-0.39, 0.29) is 5.91 Å². The van der Waals surface area contributed by atoms with Crippen molar-refractivity contribution in [1.82, 2.24) is 4.98 Å². The summed E-state index contributed by atoms with van der Waals surface area (Å²) in [6, 6.07) is 1.84. The Kier molecular flexibility index (Phi) is 4.42. The van der Waals surface area contributed by atoms with Crippen LogP contribution >= 0.6 is 23.4 Å². The maximum absolute atomic E-state index is 11.0. The van der Waals surface area contributed by atoms with E-state index in [1.165, 1.54) is 11.8 Å². The molecule has 5 heteroatoms. The number of nitrogens with zero attached hydrogens (tertiary/aromatic N) is 1. The van der Waals surface area contributed by atoms with Gasteiger partial charge in [0.2, 0.25) is 5.91 Å². The predicted octanol–water partition coefficient (Wildman–Crippen LogP) is 3.11. The van der Waals surface area contributed by atoms with Crippen molar-refractivity contribution in [3.63, 3.8) is 0 Å². The lowest BCUT2D eigenvalue weighted by Crippen LogP contribution is -2.19. The second-order valence-electron chi connectivity index (χ2n) is 2.74. The molecule has 1 aliphatic rings. The van der Waals surface area contributed by atoms with E-state index in [9.17, 15) is 4.79 Å². The highest BCUT2D eigenvalue weighted by Crippen LogP contribution is 2.32. The van der Waals surface area contributed by atoms with Crippen LogP contribution in [0.15, 0.2) is 11.0 Å². The maximum atomic E-state index is 11.0. The van der Waals surface area contributed by atoms with Gasteiger partial charge < -0.3 is 5.32 Å². The van der Waals surface area contributed by atoms with Gasteiger partial charge in [0.15, 0.2) is 0 Å². The molecule has 82 valence electrons. The second-order valence-corrected chi connectivity index (χ2v) is 4.16. The number of hydrogen-bond donors (Lipinski definition) is 1. The van der Waals surface area contributed by atoms with Crippen LogP contribution in [0.2, 0.25) is 5.02 Å². The van der Waals surface area contributed by atoms with E-state index in [0.717, 1.165) is 10.6 Å². The van der Waals surface area contributed by atoms with E-state index in [2.05, 4.69) is 10.3 Å². The number of nitrogens with one attached hydrogen (secondary N) is 1. The largest absolute Gasteiger partial charge is 0.309 e. The van der Waals surface area contributed by atoms with E-state index in [4.69, 9.17) is 11.6 Å². The maximum Gasteiger partial charge on any atom is 0.235 e. The molecule has 15 heavy (non-hydrogen) atoms. The lowest BCUT2D eigenvalue weighted by atomic mass is 10.3. The third-order valence-electron chi connectivity index (χ3n) is 1.73. The Hall–Kier alpha value is -0.740. The summed E-state index contributed by atoms with van der Waals surface area (Å²) in [6.07, 6.45) is 0. The summed E-state index contributed by atoms with van der Waals surface area (Å²) >= 11 is 7.35. The molecule has 0 bridgehead atoms. The predicted molar refractivity (Wildman–Crippen MR) is 64.7 cm³/mol. The number of thioether (sulfide) groups is 1. The van der Waals surface area contributed by atoms with Gasteiger partial charge in [-0.2, -0.15) is 0 Å². The molecule has 0 unspecified atom stereocenters. The van der Waals surface area contributed by atoms with Crippen LogP contribution in [-0.4, -0.2) is 16.6 Å². The Labute approximate surface area is 98.6 Å². The van der Waals surface area contributed by atoms with Crippen LogP contribution in [-0.2, 0) is 4.79 Å². The second kappa shape index (κ2) is 5.37. The molecule has 1 aliphatic heterocycles. The summed E-state index contributed by atoms with van der Waals surface area (Å²) in [4.78, 5) is 16.1. The molecule has 0 saturated carbocycles. The molecule has 2 heterocycles. The molecule has 0 saturated heterocycles. The third-order valence-corrected chi connectivity index (χ3v) is 3.14. The van der Waals surface area contributed by atoms with Crippen molar-refractivity contribution in [1.29, 1.82) is 0 Å². The SMILES string of the molecule is CC.Cc1nc2c(cc1Cl)SCC(=O)N2. The first kappa shape index (κ1) is 12.3. The highest BCUT2D eigenvalue weighted by Gasteiger charge is 2.17. The van der Waals surface area contributed by atoms with E-state index < -0.39 is 0 Å². The van der Waals surface area contributed by atoms with Crippen molar-refractivity contribution < 1.29 is 4.79 Å². The molecule has 0 radical (unpaired) electrons. The molecule has 1 aromatic heterocycles. The Morgan fingerprint density at radius 2 is 2.20 bits per heavy atom. The van der Waals surface area contributed by atoms with Crippen molar-refractivity contribution in [2.45, 2.75) is 25.7 Å². The standard InChI is InChI=1S/C8H7ClN2OS.C2H6/c1-4-5(9)2-6-8(10-4)11-7(12)3-13-6;1-2/h2H,3H2,1H3,(H,10,11,12);1-2H3. The molecular formula is C10H13ClN2OS. The van der Waals surface area contributed by atoms with Gasteiger partial charge in [-0.25, -0.2) is 4.98 Å². The minimum absolute atomic E-state index is 0.00766. The summed E-state index contributed by atoms with van der Waals surface area (Å²) < 4.78 is 0. The van der Waals surface area contributed by atoms with Crippen LogP contribution in [0.1, 0.15) is 19.5 Å². The highest BCUT2D eigenvalue weighted by molar-refractivity contribution is 8.00. The molecule has 0 fully saturated rings. The van der Waals surface area contributed by atoms with E-state index in [1.54, 1.807) is 0 Å². The number of halogens is 1. The fourth-order valence-electron chi connectivity index (χ4n) is 1.08. The summed E-state index contributed by atoms with van der Waals surface area (Å²) in [5.41, 5.74) is 0.739. The van der Waals surface area contributed by atoms with Crippen LogP contribution < -0.4 is 5.32 Å². The number of aryl methyl sites for hydroxylation is 1. The van der Waals surface area contributed by atoms with Crippen LogP contribution in [0.5, 0.6) is 0 Å². The zero-order valence-electron chi connectivity index (χ0n) is 8.93. The molecule has 1 aromatic rings. The van der Waals surface area contributed by atoms with Crippen LogP contribution in [0, 0.1) is 6.92 Å². The minimum atomic E-state index is -0.00766. The van der Waals surface area contributed by atoms with Gasteiger partial charge in [-0.1, -0.05) is 25.4 Å². The minimum Gasteiger partial charge on any atom is -0.309 e. The molecule has 3 nitrogen and oxygen atoms in total. The molecule has 0 aliphatic carbocycles. The van der Waals surface area contributed by atoms with Crippen LogP contribution in [0.3, 0.4) is 0 Å². The number of amides is 1. The van der Waals surface area contributed by atoms with Crippen molar-refractivity contribution in [3.05, 3.63) is 16.8 Å². The fraction of sp³-hybridized carbons (Fsp3) is 0.400. The summed E-state index contributed by atoms with van der Waals surface area (Å²) in [6.45, 7) is 5.81. The average molecular weight is 245 g/mol. The molecule has 1 N–H and O–H groups in total. The Bertz CT molecular complexity index is 382. The van der Waals surface area contributed by atoms with Crippen molar-refractivity contribution in [2.75, 3.05) is 11.1 Å².